The Hall–Kier alpha value is -2.51. The number of halogens is 2. The Kier molecular flexibility index (Phi) is 7.81. The van der Waals surface area contributed by atoms with E-state index in [0.29, 0.717) is 6.07 Å². The van der Waals surface area contributed by atoms with E-state index in [-0.39, 0.29) is 37.0 Å². The van der Waals surface area contributed by atoms with Gasteiger partial charge >= 0.3 is 0 Å². The second-order valence-corrected chi connectivity index (χ2v) is 5.32. The van der Waals surface area contributed by atoms with E-state index in [2.05, 4.69) is 16.0 Å². The first kappa shape index (κ1) is 19.5. The van der Waals surface area contributed by atoms with Gasteiger partial charge in [-0.2, -0.15) is 0 Å². The third kappa shape index (κ3) is 7.17. The Morgan fingerprint density at radius 3 is 2.25 bits per heavy atom. The van der Waals surface area contributed by atoms with Crippen LogP contribution in [0.1, 0.15) is 37.0 Å². The van der Waals surface area contributed by atoms with Crippen LogP contribution in [0, 0.1) is 11.6 Å². The van der Waals surface area contributed by atoms with E-state index in [1.165, 1.54) is 0 Å². The summed E-state index contributed by atoms with van der Waals surface area (Å²) in [6.45, 7) is 3.59. The van der Waals surface area contributed by atoms with E-state index in [1.807, 2.05) is 13.8 Å². The molecule has 0 saturated heterocycles. The zero-order chi connectivity index (χ0) is 18.1. The van der Waals surface area contributed by atoms with Crippen LogP contribution in [-0.4, -0.2) is 36.9 Å². The molecule has 0 bridgehead atoms. The Balaban J connectivity index is 2.31. The highest BCUT2D eigenvalue weighted by Crippen LogP contribution is 2.07. The number of amides is 3. The van der Waals surface area contributed by atoms with Gasteiger partial charge in [0.1, 0.15) is 11.6 Å². The van der Waals surface area contributed by atoms with Gasteiger partial charge in [-0.1, -0.05) is 6.92 Å². The molecule has 0 heterocycles. The van der Waals surface area contributed by atoms with Crippen LogP contribution in [0.3, 0.4) is 0 Å². The number of carbonyl (C=O) groups excluding carboxylic acids is 3. The number of rotatable bonds is 8. The van der Waals surface area contributed by atoms with Crippen LogP contribution in [-0.2, 0) is 9.59 Å². The molecular formula is C16H21F2N3O3. The van der Waals surface area contributed by atoms with Crippen molar-refractivity contribution in [2.45, 2.75) is 32.7 Å². The molecule has 6 nitrogen and oxygen atoms in total. The van der Waals surface area contributed by atoms with Crippen LogP contribution in [0.15, 0.2) is 18.2 Å². The topological polar surface area (TPSA) is 87.3 Å². The molecule has 1 unspecified atom stereocenters. The van der Waals surface area contributed by atoms with Crippen molar-refractivity contribution in [2.24, 2.45) is 0 Å². The number of hydrogen-bond donors (Lipinski definition) is 3. The largest absolute Gasteiger partial charge is 0.354 e. The second kappa shape index (κ2) is 9.59. The van der Waals surface area contributed by atoms with E-state index in [0.717, 1.165) is 18.6 Å². The van der Waals surface area contributed by atoms with Gasteiger partial charge in [0.15, 0.2) is 0 Å². The molecule has 0 radical (unpaired) electrons. The lowest BCUT2D eigenvalue weighted by Gasteiger charge is -2.11. The van der Waals surface area contributed by atoms with Crippen molar-refractivity contribution in [1.82, 2.24) is 16.0 Å². The summed E-state index contributed by atoms with van der Waals surface area (Å²) < 4.78 is 26.0. The summed E-state index contributed by atoms with van der Waals surface area (Å²) in [5.41, 5.74) is -0.215. The van der Waals surface area contributed by atoms with Gasteiger partial charge in [0.2, 0.25) is 11.8 Å². The standard InChI is InChI=1S/C16H21F2N3O3/c1-3-10(2)21-14(22)4-5-19-15(23)9-20-16(24)11-6-12(17)8-13(18)7-11/h6-8,10H,3-5,9H2,1-2H3,(H,19,23)(H,20,24)(H,21,22). The molecule has 0 fully saturated rings. The van der Waals surface area contributed by atoms with E-state index >= 15 is 0 Å². The monoisotopic (exact) mass is 341 g/mol. The molecule has 0 spiro atoms. The minimum atomic E-state index is -0.878. The van der Waals surface area contributed by atoms with E-state index in [9.17, 15) is 23.2 Å². The first-order chi connectivity index (χ1) is 11.3. The summed E-state index contributed by atoms with van der Waals surface area (Å²) in [7, 11) is 0. The summed E-state index contributed by atoms with van der Waals surface area (Å²) in [6, 6.07) is 2.46. The normalized spacial score (nSPS) is 11.5. The predicted molar refractivity (Wildman–Crippen MR) is 84.2 cm³/mol. The maximum absolute atomic E-state index is 13.0. The van der Waals surface area contributed by atoms with Crippen LogP contribution in [0.25, 0.3) is 0 Å². The van der Waals surface area contributed by atoms with Crippen LogP contribution in [0.4, 0.5) is 8.78 Å². The fourth-order valence-electron chi connectivity index (χ4n) is 1.77. The van der Waals surface area contributed by atoms with E-state index < -0.39 is 23.4 Å². The Bertz CT molecular complexity index is 588. The zero-order valence-corrected chi connectivity index (χ0v) is 13.6. The Morgan fingerprint density at radius 1 is 1.04 bits per heavy atom. The van der Waals surface area contributed by atoms with Crippen molar-refractivity contribution < 1.29 is 23.2 Å². The maximum atomic E-state index is 13.0. The third-order valence-electron chi connectivity index (χ3n) is 3.23. The molecule has 1 rings (SSSR count). The van der Waals surface area contributed by atoms with Gasteiger partial charge < -0.3 is 16.0 Å². The van der Waals surface area contributed by atoms with Crippen LogP contribution in [0.5, 0.6) is 0 Å². The second-order valence-electron chi connectivity index (χ2n) is 5.32. The fraction of sp³-hybridized carbons (Fsp3) is 0.438. The molecular weight excluding hydrogens is 320 g/mol. The molecule has 3 amide bonds. The van der Waals surface area contributed by atoms with Crippen molar-refractivity contribution in [3.05, 3.63) is 35.4 Å². The molecule has 1 aromatic carbocycles. The predicted octanol–water partition coefficient (Wildman–Crippen LogP) is 1.12. The summed E-state index contributed by atoms with van der Waals surface area (Å²) in [5.74, 6) is -3.20. The molecule has 0 aliphatic rings. The smallest absolute Gasteiger partial charge is 0.251 e. The minimum absolute atomic E-state index is 0.0687. The van der Waals surface area contributed by atoms with Crippen molar-refractivity contribution in [3.63, 3.8) is 0 Å². The molecule has 1 atom stereocenters. The number of hydrogen-bond acceptors (Lipinski definition) is 3. The van der Waals surface area contributed by atoms with Gasteiger partial charge in [0.05, 0.1) is 6.54 Å². The number of carbonyl (C=O) groups is 3. The van der Waals surface area contributed by atoms with Gasteiger partial charge in [-0.25, -0.2) is 8.78 Å². The molecule has 132 valence electrons. The van der Waals surface area contributed by atoms with Gasteiger partial charge in [-0.3, -0.25) is 14.4 Å². The van der Waals surface area contributed by atoms with Gasteiger partial charge in [-0.05, 0) is 25.5 Å². The van der Waals surface area contributed by atoms with Crippen LogP contribution < -0.4 is 16.0 Å². The summed E-state index contributed by atoms with van der Waals surface area (Å²) >= 11 is 0. The molecule has 8 heteroatoms. The molecule has 0 saturated carbocycles. The average molecular weight is 341 g/mol. The molecule has 24 heavy (non-hydrogen) atoms. The Labute approximate surface area is 139 Å². The van der Waals surface area contributed by atoms with E-state index in [4.69, 9.17) is 0 Å². The van der Waals surface area contributed by atoms with Gasteiger partial charge in [0.25, 0.3) is 5.91 Å². The highest BCUT2D eigenvalue weighted by Gasteiger charge is 2.11. The molecule has 0 aliphatic carbocycles. The highest BCUT2D eigenvalue weighted by atomic mass is 19.1. The average Bonchev–Trinajstić information content (AvgIpc) is 2.51. The zero-order valence-electron chi connectivity index (χ0n) is 13.6. The van der Waals surface area contributed by atoms with E-state index in [1.54, 1.807) is 0 Å². The lowest BCUT2D eigenvalue weighted by Crippen LogP contribution is -2.39. The van der Waals surface area contributed by atoms with Crippen molar-refractivity contribution >= 4 is 17.7 Å². The summed E-state index contributed by atoms with van der Waals surface area (Å²) in [4.78, 5) is 34.8. The Morgan fingerprint density at radius 2 is 1.67 bits per heavy atom. The van der Waals surface area contributed by atoms with Gasteiger partial charge in [-0.15, -0.1) is 0 Å². The molecule has 1 aromatic rings. The first-order valence-corrected chi connectivity index (χ1v) is 7.62. The van der Waals surface area contributed by atoms with Crippen molar-refractivity contribution in [3.8, 4) is 0 Å². The number of nitrogens with one attached hydrogen (secondary N) is 3. The van der Waals surface area contributed by atoms with Crippen molar-refractivity contribution in [1.29, 1.82) is 0 Å². The lowest BCUT2D eigenvalue weighted by atomic mass is 10.2. The lowest BCUT2D eigenvalue weighted by molar-refractivity contribution is -0.122. The third-order valence-corrected chi connectivity index (χ3v) is 3.23. The first-order valence-electron chi connectivity index (χ1n) is 7.62. The fourth-order valence-corrected chi connectivity index (χ4v) is 1.77. The highest BCUT2D eigenvalue weighted by molar-refractivity contribution is 5.96. The quantitative estimate of drug-likeness (QED) is 0.662. The van der Waals surface area contributed by atoms with Crippen LogP contribution >= 0.6 is 0 Å². The molecule has 3 N–H and O–H groups in total. The molecule has 0 aromatic heterocycles. The maximum Gasteiger partial charge on any atom is 0.251 e. The van der Waals surface area contributed by atoms with Crippen LogP contribution in [0.2, 0.25) is 0 Å². The van der Waals surface area contributed by atoms with Crippen molar-refractivity contribution in [2.75, 3.05) is 13.1 Å². The number of benzene rings is 1. The summed E-state index contributed by atoms with van der Waals surface area (Å²) in [6.07, 6.45) is 0.934. The SMILES string of the molecule is CCC(C)NC(=O)CCNC(=O)CNC(=O)c1cc(F)cc(F)c1. The molecule has 0 aliphatic heterocycles. The van der Waals surface area contributed by atoms with Gasteiger partial charge in [0, 0.05) is 30.6 Å². The minimum Gasteiger partial charge on any atom is -0.354 e. The summed E-state index contributed by atoms with van der Waals surface area (Å²) in [5, 5.41) is 7.47.